The van der Waals surface area contributed by atoms with Crippen LogP contribution in [-0.2, 0) is 6.42 Å². The Morgan fingerprint density at radius 2 is 1.88 bits per heavy atom. The normalized spacial score (nSPS) is 26.4. The number of alkyl halides is 1. The smallest absolute Gasteiger partial charge is 0.0177 e. The maximum Gasteiger partial charge on any atom is 0.0177 e. The summed E-state index contributed by atoms with van der Waals surface area (Å²) in [6, 6.07) is 8.83. The third-order valence-corrected chi connectivity index (χ3v) is 5.02. The predicted octanol–water partition coefficient (Wildman–Crippen LogP) is 4.88. The van der Waals surface area contributed by atoms with Crippen molar-refractivity contribution >= 4 is 15.9 Å². The summed E-state index contributed by atoms with van der Waals surface area (Å²) in [5.74, 6) is 0.837. The Labute approximate surface area is 108 Å². The van der Waals surface area contributed by atoms with Crippen molar-refractivity contribution in [2.45, 2.75) is 50.3 Å². The van der Waals surface area contributed by atoms with Crippen molar-refractivity contribution in [3.8, 4) is 0 Å². The quantitative estimate of drug-likeness (QED) is 0.535. The molecule has 2 atom stereocenters. The molecule has 1 aliphatic rings. The van der Waals surface area contributed by atoms with Gasteiger partial charge in [0.1, 0.15) is 0 Å². The maximum absolute atomic E-state index is 3.89. The third-order valence-electron chi connectivity index (χ3n) is 3.81. The molecule has 1 heteroatoms. The lowest BCUT2D eigenvalue weighted by molar-refractivity contribution is 0.475. The first-order valence-corrected chi connectivity index (χ1v) is 7.37. The molecular formula is C15H21Br. The van der Waals surface area contributed by atoms with Gasteiger partial charge >= 0.3 is 0 Å². The summed E-state index contributed by atoms with van der Waals surface area (Å²) in [6.07, 6.45) is 8.24. The molecule has 0 saturated heterocycles. The molecule has 0 spiro atoms. The highest BCUT2D eigenvalue weighted by molar-refractivity contribution is 9.09. The molecule has 1 saturated carbocycles. The first-order valence-electron chi connectivity index (χ1n) is 6.46. The lowest BCUT2D eigenvalue weighted by Gasteiger charge is -2.20. The first kappa shape index (κ1) is 12.2. The molecule has 0 aliphatic heterocycles. The molecule has 0 bridgehead atoms. The van der Waals surface area contributed by atoms with Crippen molar-refractivity contribution < 1.29 is 0 Å². The summed E-state index contributed by atoms with van der Waals surface area (Å²) < 4.78 is 0. The van der Waals surface area contributed by atoms with Crippen LogP contribution in [0.2, 0.25) is 0 Å². The van der Waals surface area contributed by atoms with Crippen LogP contribution < -0.4 is 0 Å². The van der Waals surface area contributed by atoms with Gasteiger partial charge in [-0.3, -0.25) is 0 Å². The van der Waals surface area contributed by atoms with Gasteiger partial charge < -0.3 is 0 Å². The zero-order valence-corrected chi connectivity index (χ0v) is 11.7. The van der Waals surface area contributed by atoms with E-state index in [-0.39, 0.29) is 0 Å². The van der Waals surface area contributed by atoms with E-state index in [0.29, 0.717) is 0 Å². The molecule has 0 N–H and O–H groups in total. The average Bonchev–Trinajstić information content (AvgIpc) is 2.48. The zero-order chi connectivity index (χ0) is 11.4. The Hall–Kier alpha value is -0.300. The van der Waals surface area contributed by atoms with Crippen molar-refractivity contribution in [2.75, 3.05) is 0 Å². The molecule has 1 aliphatic carbocycles. The third kappa shape index (κ3) is 3.10. The molecule has 0 radical (unpaired) electrons. The van der Waals surface area contributed by atoms with Crippen molar-refractivity contribution in [3.63, 3.8) is 0 Å². The number of benzene rings is 1. The van der Waals surface area contributed by atoms with Crippen molar-refractivity contribution in [2.24, 2.45) is 5.92 Å². The minimum atomic E-state index is 0.731. The van der Waals surface area contributed by atoms with E-state index in [1.165, 1.54) is 44.1 Å². The highest BCUT2D eigenvalue weighted by atomic mass is 79.9. The number of aryl methyl sites for hydroxylation is 1. The number of rotatable bonds is 2. The Bertz CT molecular complexity index is 332. The second-order valence-electron chi connectivity index (χ2n) is 5.04. The molecule has 1 aromatic rings. The fourth-order valence-electron chi connectivity index (χ4n) is 2.69. The van der Waals surface area contributed by atoms with Crippen LogP contribution in [0.4, 0.5) is 0 Å². The standard InChI is InChI=1S/C15H21Br/c1-12-7-5-6-8-13(12)11-14-9-3-2-4-10-15(14)16/h5-8,14-15H,2-4,9-11H2,1H3. The van der Waals surface area contributed by atoms with Gasteiger partial charge in [0.25, 0.3) is 0 Å². The van der Waals surface area contributed by atoms with E-state index in [4.69, 9.17) is 0 Å². The van der Waals surface area contributed by atoms with Crippen molar-refractivity contribution in [3.05, 3.63) is 35.4 Å². The van der Waals surface area contributed by atoms with Crippen molar-refractivity contribution in [1.29, 1.82) is 0 Å². The van der Waals surface area contributed by atoms with E-state index >= 15 is 0 Å². The van der Waals surface area contributed by atoms with E-state index in [0.717, 1.165) is 10.7 Å². The Morgan fingerprint density at radius 1 is 1.12 bits per heavy atom. The number of hydrogen-bond acceptors (Lipinski definition) is 0. The van der Waals surface area contributed by atoms with Gasteiger partial charge in [-0.25, -0.2) is 0 Å². The van der Waals surface area contributed by atoms with Crippen LogP contribution in [-0.4, -0.2) is 4.83 Å². The zero-order valence-electron chi connectivity index (χ0n) is 10.1. The number of hydrogen-bond donors (Lipinski definition) is 0. The summed E-state index contributed by atoms with van der Waals surface area (Å²) >= 11 is 3.89. The fraction of sp³-hybridized carbons (Fsp3) is 0.600. The minimum Gasteiger partial charge on any atom is -0.0888 e. The summed E-state index contributed by atoms with van der Waals surface area (Å²) in [6.45, 7) is 2.23. The summed E-state index contributed by atoms with van der Waals surface area (Å²) in [4.78, 5) is 0.731. The molecule has 0 nitrogen and oxygen atoms in total. The van der Waals surface area contributed by atoms with Gasteiger partial charge in [0.15, 0.2) is 0 Å². The van der Waals surface area contributed by atoms with Gasteiger partial charge in [-0.1, -0.05) is 59.5 Å². The molecule has 1 aromatic carbocycles. The first-order chi connectivity index (χ1) is 7.77. The van der Waals surface area contributed by atoms with Crippen LogP contribution >= 0.6 is 15.9 Å². The molecule has 16 heavy (non-hydrogen) atoms. The van der Waals surface area contributed by atoms with Crippen LogP contribution in [0.3, 0.4) is 0 Å². The summed E-state index contributed by atoms with van der Waals surface area (Å²) in [5.41, 5.74) is 2.99. The van der Waals surface area contributed by atoms with E-state index in [2.05, 4.69) is 47.1 Å². The topological polar surface area (TPSA) is 0 Å². The van der Waals surface area contributed by atoms with Crippen LogP contribution in [0.25, 0.3) is 0 Å². The van der Waals surface area contributed by atoms with E-state index in [1.54, 1.807) is 5.56 Å². The second-order valence-corrected chi connectivity index (χ2v) is 6.22. The number of halogens is 1. The van der Waals surface area contributed by atoms with Gasteiger partial charge in [0, 0.05) is 4.83 Å². The lowest BCUT2D eigenvalue weighted by atomic mass is 9.90. The highest BCUT2D eigenvalue weighted by Crippen LogP contribution is 2.31. The molecule has 0 heterocycles. The van der Waals surface area contributed by atoms with Crippen LogP contribution in [0.5, 0.6) is 0 Å². The van der Waals surface area contributed by atoms with E-state index in [9.17, 15) is 0 Å². The monoisotopic (exact) mass is 280 g/mol. The van der Waals surface area contributed by atoms with Crippen LogP contribution in [0.15, 0.2) is 24.3 Å². The summed E-state index contributed by atoms with van der Waals surface area (Å²) in [7, 11) is 0. The van der Waals surface area contributed by atoms with Crippen molar-refractivity contribution in [1.82, 2.24) is 0 Å². The average molecular weight is 281 g/mol. The molecule has 0 aromatic heterocycles. The fourth-order valence-corrected chi connectivity index (χ4v) is 3.47. The van der Waals surface area contributed by atoms with Gasteiger partial charge in [-0.05, 0) is 43.2 Å². The second kappa shape index (κ2) is 5.86. The van der Waals surface area contributed by atoms with Crippen LogP contribution in [0.1, 0.15) is 43.2 Å². The van der Waals surface area contributed by atoms with Gasteiger partial charge in [0.2, 0.25) is 0 Å². The molecule has 2 unspecified atom stereocenters. The Kier molecular flexibility index (Phi) is 4.45. The van der Waals surface area contributed by atoms with Gasteiger partial charge in [0.05, 0.1) is 0 Å². The minimum absolute atomic E-state index is 0.731. The Balaban J connectivity index is 2.05. The Morgan fingerprint density at radius 3 is 2.69 bits per heavy atom. The molecule has 88 valence electrons. The predicted molar refractivity (Wildman–Crippen MR) is 74.2 cm³/mol. The van der Waals surface area contributed by atoms with Gasteiger partial charge in [-0.2, -0.15) is 0 Å². The molecular weight excluding hydrogens is 260 g/mol. The highest BCUT2D eigenvalue weighted by Gasteiger charge is 2.21. The van der Waals surface area contributed by atoms with Crippen LogP contribution in [0, 0.1) is 12.8 Å². The van der Waals surface area contributed by atoms with Gasteiger partial charge in [-0.15, -0.1) is 0 Å². The van der Waals surface area contributed by atoms with E-state index in [1.807, 2.05) is 0 Å². The maximum atomic E-state index is 3.89. The lowest BCUT2D eigenvalue weighted by Crippen LogP contribution is -2.16. The molecule has 2 rings (SSSR count). The van der Waals surface area contributed by atoms with E-state index < -0.39 is 0 Å². The molecule has 1 fully saturated rings. The summed E-state index contributed by atoms with van der Waals surface area (Å²) in [5, 5.41) is 0. The SMILES string of the molecule is Cc1ccccc1CC1CCCCCC1Br. The molecule has 0 amide bonds. The largest absolute Gasteiger partial charge is 0.0888 e.